The molecule has 0 radical (unpaired) electrons. The van der Waals surface area contributed by atoms with Gasteiger partial charge in [0.2, 0.25) is 0 Å². The molecule has 1 aromatic rings. The van der Waals surface area contributed by atoms with Crippen LogP contribution in [0.4, 0.5) is 0 Å². The minimum Gasteiger partial charge on any atom is -0.481 e. The van der Waals surface area contributed by atoms with Crippen LogP contribution in [0.1, 0.15) is 29.8 Å². The molecule has 18 heavy (non-hydrogen) atoms. The van der Waals surface area contributed by atoms with E-state index in [9.17, 15) is 9.59 Å². The lowest BCUT2D eigenvalue weighted by Gasteiger charge is -2.15. The third-order valence-electron chi connectivity index (χ3n) is 2.87. The quantitative estimate of drug-likeness (QED) is 0.778. The molecule has 1 fully saturated rings. The van der Waals surface area contributed by atoms with Crippen molar-refractivity contribution in [2.45, 2.75) is 25.3 Å². The number of carboxylic acid groups (broad SMARTS) is 1. The van der Waals surface area contributed by atoms with E-state index in [4.69, 9.17) is 28.3 Å². The van der Waals surface area contributed by atoms with Crippen molar-refractivity contribution >= 4 is 35.1 Å². The first-order chi connectivity index (χ1) is 8.47. The molecule has 1 saturated carbocycles. The van der Waals surface area contributed by atoms with E-state index in [0.29, 0.717) is 0 Å². The fourth-order valence-electron chi connectivity index (χ4n) is 1.79. The maximum Gasteiger partial charge on any atom is 0.305 e. The van der Waals surface area contributed by atoms with E-state index in [-0.39, 0.29) is 40.2 Å². The van der Waals surface area contributed by atoms with Crippen LogP contribution in [0, 0.1) is 5.92 Å². The summed E-state index contributed by atoms with van der Waals surface area (Å²) in [5, 5.41) is 12.0. The number of carbonyl (C=O) groups is 2. The molecule has 0 aromatic carbocycles. The van der Waals surface area contributed by atoms with Gasteiger partial charge in [-0.3, -0.25) is 9.59 Å². The topological polar surface area (TPSA) is 82.2 Å². The maximum absolute atomic E-state index is 11.9. The molecular formula is C11H12Cl2N2O3. The van der Waals surface area contributed by atoms with Crippen LogP contribution in [0.5, 0.6) is 0 Å². The van der Waals surface area contributed by atoms with Crippen LogP contribution in [-0.2, 0) is 4.79 Å². The standard InChI is InChI=1S/C11H12Cl2N2O3/c12-6-3-8(14-10(6)13)11(18)15-7(4-9(16)17)5-1-2-5/h3,5,7,14H,1-2,4H2,(H,15,18)(H,16,17). The van der Waals surface area contributed by atoms with E-state index < -0.39 is 5.97 Å². The van der Waals surface area contributed by atoms with Crippen LogP contribution < -0.4 is 5.32 Å². The lowest BCUT2D eigenvalue weighted by Crippen LogP contribution is -2.38. The van der Waals surface area contributed by atoms with E-state index in [2.05, 4.69) is 10.3 Å². The van der Waals surface area contributed by atoms with E-state index in [1.54, 1.807) is 0 Å². The predicted molar refractivity (Wildman–Crippen MR) is 67.0 cm³/mol. The second kappa shape index (κ2) is 5.20. The van der Waals surface area contributed by atoms with E-state index in [1.165, 1.54) is 6.07 Å². The minimum atomic E-state index is -0.922. The average Bonchev–Trinajstić information content (AvgIpc) is 3.05. The van der Waals surface area contributed by atoms with Gasteiger partial charge in [0, 0.05) is 6.04 Å². The van der Waals surface area contributed by atoms with Crippen molar-refractivity contribution in [3.05, 3.63) is 21.9 Å². The van der Waals surface area contributed by atoms with Crippen molar-refractivity contribution in [1.29, 1.82) is 0 Å². The van der Waals surface area contributed by atoms with Crippen molar-refractivity contribution < 1.29 is 14.7 Å². The Bertz CT molecular complexity index is 463. The first kappa shape index (κ1) is 13.2. The normalized spacial score (nSPS) is 16.3. The van der Waals surface area contributed by atoms with Gasteiger partial charge in [-0.1, -0.05) is 23.2 Å². The van der Waals surface area contributed by atoms with Crippen molar-refractivity contribution in [1.82, 2.24) is 10.3 Å². The molecule has 1 unspecified atom stereocenters. The van der Waals surface area contributed by atoms with Gasteiger partial charge in [-0.25, -0.2) is 0 Å². The van der Waals surface area contributed by atoms with Crippen LogP contribution >= 0.6 is 23.2 Å². The number of nitrogens with one attached hydrogen (secondary N) is 2. The van der Waals surface area contributed by atoms with Crippen LogP contribution in [0.15, 0.2) is 6.07 Å². The second-order valence-electron chi connectivity index (χ2n) is 4.36. The summed E-state index contributed by atoms with van der Waals surface area (Å²) in [6, 6.07) is 1.08. The van der Waals surface area contributed by atoms with Crippen LogP contribution in [0.3, 0.4) is 0 Å². The summed E-state index contributed by atoms with van der Waals surface area (Å²) in [5.74, 6) is -1.05. The third kappa shape index (κ3) is 3.17. The molecule has 3 N–H and O–H groups in total. The molecular weight excluding hydrogens is 279 g/mol. The van der Waals surface area contributed by atoms with Crippen molar-refractivity contribution in [2.75, 3.05) is 0 Å². The number of aromatic nitrogens is 1. The molecule has 1 atom stereocenters. The summed E-state index contributed by atoms with van der Waals surface area (Å²) < 4.78 is 0. The SMILES string of the molecule is O=C(O)CC(NC(=O)c1cc(Cl)c(Cl)[nH]1)C1CC1. The smallest absolute Gasteiger partial charge is 0.305 e. The van der Waals surface area contributed by atoms with Crippen LogP contribution in [0.25, 0.3) is 0 Å². The predicted octanol–water partition coefficient (Wildman–Crippen LogP) is 2.30. The highest BCUT2D eigenvalue weighted by Gasteiger charge is 2.34. The van der Waals surface area contributed by atoms with Crippen LogP contribution in [0.2, 0.25) is 10.2 Å². The summed E-state index contributed by atoms with van der Waals surface area (Å²) in [6.45, 7) is 0. The van der Waals surface area contributed by atoms with Crippen molar-refractivity contribution in [3.8, 4) is 0 Å². The van der Waals surface area contributed by atoms with Crippen molar-refractivity contribution in [2.24, 2.45) is 5.92 Å². The number of carbonyl (C=O) groups excluding carboxylic acids is 1. The Hall–Kier alpha value is -1.20. The van der Waals surface area contributed by atoms with E-state index >= 15 is 0 Å². The highest BCUT2D eigenvalue weighted by molar-refractivity contribution is 6.41. The number of hydrogen-bond donors (Lipinski definition) is 3. The summed E-state index contributed by atoms with van der Waals surface area (Å²) in [4.78, 5) is 25.2. The van der Waals surface area contributed by atoms with Crippen LogP contribution in [-0.4, -0.2) is 28.0 Å². The lowest BCUT2D eigenvalue weighted by molar-refractivity contribution is -0.137. The highest BCUT2D eigenvalue weighted by atomic mass is 35.5. The molecule has 0 aliphatic heterocycles. The van der Waals surface area contributed by atoms with Gasteiger partial charge in [0.05, 0.1) is 11.4 Å². The largest absolute Gasteiger partial charge is 0.481 e. The number of H-pyrrole nitrogens is 1. The van der Waals surface area contributed by atoms with Crippen molar-refractivity contribution in [3.63, 3.8) is 0 Å². The number of rotatable bonds is 5. The minimum absolute atomic E-state index is 0.0709. The Kier molecular flexibility index (Phi) is 3.82. The van der Waals surface area contributed by atoms with Gasteiger partial charge in [-0.15, -0.1) is 0 Å². The molecule has 98 valence electrons. The van der Waals surface area contributed by atoms with Gasteiger partial charge < -0.3 is 15.4 Å². The average molecular weight is 291 g/mol. The summed E-state index contributed by atoms with van der Waals surface area (Å²) in [7, 11) is 0. The number of aromatic amines is 1. The molecule has 1 heterocycles. The summed E-state index contributed by atoms with van der Waals surface area (Å²) in [6.07, 6.45) is 1.83. The van der Waals surface area contributed by atoms with Gasteiger partial charge in [0.1, 0.15) is 10.8 Å². The zero-order valence-corrected chi connectivity index (χ0v) is 10.9. The number of hydrogen-bond acceptors (Lipinski definition) is 2. The molecule has 0 spiro atoms. The van der Waals surface area contributed by atoms with Gasteiger partial charge in [-0.2, -0.15) is 0 Å². The second-order valence-corrected chi connectivity index (χ2v) is 5.15. The summed E-state index contributed by atoms with van der Waals surface area (Å²) in [5.41, 5.74) is 0.237. The fourth-order valence-corrected chi connectivity index (χ4v) is 2.11. The number of amides is 1. The number of aliphatic carboxylic acids is 1. The number of halogens is 2. The summed E-state index contributed by atoms with van der Waals surface area (Å²) >= 11 is 11.4. The third-order valence-corrected chi connectivity index (χ3v) is 3.56. The Balaban J connectivity index is 2.02. The molecule has 2 rings (SSSR count). The molecule has 0 bridgehead atoms. The highest BCUT2D eigenvalue weighted by Crippen LogP contribution is 2.34. The van der Waals surface area contributed by atoms with Gasteiger partial charge in [-0.05, 0) is 24.8 Å². The van der Waals surface area contributed by atoms with E-state index in [1.807, 2.05) is 0 Å². The Morgan fingerprint density at radius 2 is 2.17 bits per heavy atom. The molecule has 1 aromatic heterocycles. The van der Waals surface area contributed by atoms with Gasteiger partial charge in [0.15, 0.2) is 0 Å². The molecule has 7 heteroatoms. The first-order valence-corrected chi connectivity index (χ1v) is 6.29. The Morgan fingerprint density at radius 1 is 1.50 bits per heavy atom. The monoisotopic (exact) mass is 290 g/mol. The Labute approximate surface area is 113 Å². The zero-order valence-electron chi connectivity index (χ0n) is 9.37. The van der Waals surface area contributed by atoms with E-state index in [0.717, 1.165) is 12.8 Å². The zero-order chi connectivity index (χ0) is 13.3. The molecule has 1 aliphatic carbocycles. The van der Waals surface area contributed by atoms with Gasteiger partial charge in [0.25, 0.3) is 5.91 Å². The van der Waals surface area contributed by atoms with Gasteiger partial charge >= 0.3 is 5.97 Å². The number of carboxylic acids is 1. The molecule has 1 aliphatic rings. The molecule has 1 amide bonds. The first-order valence-electron chi connectivity index (χ1n) is 5.54. The maximum atomic E-state index is 11.9. The molecule has 0 saturated heterocycles. The fraction of sp³-hybridized carbons (Fsp3) is 0.455. The molecule has 5 nitrogen and oxygen atoms in total. The Morgan fingerprint density at radius 3 is 2.61 bits per heavy atom. The lowest BCUT2D eigenvalue weighted by atomic mass is 10.1.